The van der Waals surface area contributed by atoms with Gasteiger partial charge in [-0.25, -0.2) is 0 Å². The van der Waals surface area contributed by atoms with Crippen LogP contribution in [0.2, 0.25) is 0 Å². The molecule has 2 N–H and O–H groups in total. The first kappa shape index (κ1) is 14.3. The van der Waals surface area contributed by atoms with Gasteiger partial charge in [-0.3, -0.25) is 0 Å². The second-order valence-corrected chi connectivity index (χ2v) is 5.01. The summed E-state index contributed by atoms with van der Waals surface area (Å²) in [5.74, 6) is 0.954. The second-order valence-electron chi connectivity index (χ2n) is 5.01. The highest BCUT2D eigenvalue weighted by Crippen LogP contribution is 2.20. The Kier molecular flexibility index (Phi) is 7.02. The Labute approximate surface area is 106 Å². The molecule has 0 fully saturated rings. The highest BCUT2D eigenvalue weighted by atomic mass is 16.3. The average Bonchev–Trinajstić information content (AvgIpc) is 2.74. The molecule has 1 aromatic heterocycles. The summed E-state index contributed by atoms with van der Waals surface area (Å²) in [6.07, 6.45) is 12.3. The molecule has 1 aromatic rings. The average molecular weight is 237 g/mol. The SMILES string of the molecule is CCCCCCCCCC(N)c1coc(C)c1. The quantitative estimate of drug-likeness (QED) is 0.631. The molecule has 1 rings (SSSR count). The molecule has 0 radical (unpaired) electrons. The van der Waals surface area contributed by atoms with Gasteiger partial charge >= 0.3 is 0 Å². The molecule has 17 heavy (non-hydrogen) atoms. The predicted octanol–water partition coefficient (Wildman–Crippen LogP) is 4.73. The minimum absolute atomic E-state index is 0.156. The first-order valence-electron chi connectivity index (χ1n) is 7.04. The number of hydrogen-bond donors (Lipinski definition) is 1. The van der Waals surface area contributed by atoms with E-state index in [1.54, 1.807) is 6.26 Å². The van der Waals surface area contributed by atoms with E-state index in [2.05, 4.69) is 6.92 Å². The van der Waals surface area contributed by atoms with Gasteiger partial charge < -0.3 is 10.2 Å². The van der Waals surface area contributed by atoms with Crippen LogP contribution in [0.5, 0.6) is 0 Å². The summed E-state index contributed by atoms with van der Waals surface area (Å²) in [4.78, 5) is 0. The maximum absolute atomic E-state index is 6.11. The molecule has 1 atom stereocenters. The first-order valence-corrected chi connectivity index (χ1v) is 7.04. The lowest BCUT2D eigenvalue weighted by atomic mass is 10.0. The Balaban J connectivity index is 2.03. The highest BCUT2D eigenvalue weighted by Gasteiger charge is 2.07. The zero-order valence-corrected chi connectivity index (χ0v) is 11.4. The number of aryl methyl sites for hydroxylation is 1. The summed E-state index contributed by atoms with van der Waals surface area (Å²) in [6.45, 7) is 4.22. The number of hydrogen-bond acceptors (Lipinski definition) is 2. The van der Waals surface area contributed by atoms with Crippen LogP contribution in [-0.4, -0.2) is 0 Å². The van der Waals surface area contributed by atoms with Gasteiger partial charge in [-0.2, -0.15) is 0 Å². The Morgan fingerprint density at radius 1 is 1.12 bits per heavy atom. The lowest BCUT2D eigenvalue weighted by Crippen LogP contribution is -2.08. The molecule has 0 aliphatic rings. The van der Waals surface area contributed by atoms with E-state index in [9.17, 15) is 0 Å². The van der Waals surface area contributed by atoms with Gasteiger partial charge in [-0.1, -0.05) is 51.9 Å². The summed E-state index contributed by atoms with van der Waals surface area (Å²) in [5, 5.41) is 0. The molecule has 0 bridgehead atoms. The maximum Gasteiger partial charge on any atom is 0.101 e. The fourth-order valence-electron chi connectivity index (χ4n) is 2.15. The largest absolute Gasteiger partial charge is 0.469 e. The molecular formula is C15H27NO. The minimum atomic E-state index is 0.156. The van der Waals surface area contributed by atoms with E-state index >= 15 is 0 Å². The van der Waals surface area contributed by atoms with Crippen molar-refractivity contribution < 1.29 is 4.42 Å². The van der Waals surface area contributed by atoms with Gasteiger partial charge in [0.05, 0.1) is 6.26 Å². The van der Waals surface area contributed by atoms with E-state index in [-0.39, 0.29) is 6.04 Å². The highest BCUT2D eigenvalue weighted by molar-refractivity contribution is 5.15. The first-order chi connectivity index (χ1) is 8.24. The molecule has 0 aliphatic carbocycles. The third kappa shape index (κ3) is 5.92. The third-order valence-electron chi connectivity index (χ3n) is 3.30. The molecule has 0 aliphatic heterocycles. The van der Waals surface area contributed by atoms with Gasteiger partial charge in [0.1, 0.15) is 5.76 Å². The van der Waals surface area contributed by atoms with Crippen LogP contribution in [0.1, 0.15) is 75.7 Å². The summed E-state index contributed by atoms with van der Waals surface area (Å²) >= 11 is 0. The van der Waals surface area contributed by atoms with Crippen LogP contribution in [0.15, 0.2) is 16.7 Å². The summed E-state index contributed by atoms with van der Waals surface area (Å²) in [5.41, 5.74) is 7.26. The number of nitrogens with two attached hydrogens (primary N) is 1. The van der Waals surface area contributed by atoms with E-state index < -0.39 is 0 Å². The molecular weight excluding hydrogens is 210 g/mol. The van der Waals surface area contributed by atoms with Crippen molar-refractivity contribution in [3.8, 4) is 0 Å². The molecule has 2 heteroatoms. The fourth-order valence-corrected chi connectivity index (χ4v) is 2.15. The van der Waals surface area contributed by atoms with Crippen molar-refractivity contribution >= 4 is 0 Å². The van der Waals surface area contributed by atoms with Gasteiger partial charge in [0.2, 0.25) is 0 Å². The number of rotatable bonds is 9. The van der Waals surface area contributed by atoms with Crippen LogP contribution in [-0.2, 0) is 0 Å². The lowest BCUT2D eigenvalue weighted by molar-refractivity contribution is 0.516. The van der Waals surface area contributed by atoms with Crippen LogP contribution < -0.4 is 5.73 Å². The minimum Gasteiger partial charge on any atom is -0.469 e. The Bertz CT molecular complexity index is 293. The van der Waals surface area contributed by atoms with Gasteiger partial charge in [-0.15, -0.1) is 0 Å². The van der Waals surface area contributed by atoms with Gasteiger partial charge in [-0.05, 0) is 19.4 Å². The number of unbranched alkanes of at least 4 members (excludes halogenated alkanes) is 6. The summed E-state index contributed by atoms with van der Waals surface area (Å²) < 4.78 is 5.28. The van der Waals surface area contributed by atoms with E-state index in [1.165, 1.54) is 44.9 Å². The molecule has 1 unspecified atom stereocenters. The smallest absolute Gasteiger partial charge is 0.101 e. The van der Waals surface area contributed by atoms with E-state index in [1.807, 2.05) is 13.0 Å². The van der Waals surface area contributed by atoms with Gasteiger partial charge in [0.25, 0.3) is 0 Å². The van der Waals surface area contributed by atoms with Crippen LogP contribution in [0, 0.1) is 6.92 Å². The third-order valence-corrected chi connectivity index (χ3v) is 3.30. The Morgan fingerprint density at radius 3 is 2.35 bits per heavy atom. The van der Waals surface area contributed by atoms with Crippen molar-refractivity contribution in [3.63, 3.8) is 0 Å². The monoisotopic (exact) mass is 237 g/mol. The molecule has 0 saturated carbocycles. The predicted molar refractivity (Wildman–Crippen MR) is 73.0 cm³/mol. The second kappa shape index (κ2) is 8.35. The van der Waals surface area contributed by atoms with Crippen molar-refractivity contribution in [1.29, 1.82) is 0 Å². The van der Waals surface area contributed by atoms with E-state index in [4.69, 9.17) is 10.2 Å². The lowest BCUT2D eigenvalue weighted by Gasteiger charge is -2.08. The maximum atomic E-state index is 6.11. The Morgan fingerprint density at radius 2 is 1.76 bits per heavy atom. The molecule has 0 aromatic carbocycles. The molecule has 0 amide bonds. The van der Waals surface area contributed by atoms with Crippen molar-refractivity contribution in [2.45, 2.75) is 71.3 Å². The molecule has 0 saturated heterocycles. The van der Waals surface area contributed by atoms with Crippen molar-refractivity contribution in [2.75, 3.05) is 0 Å². The molecule has 0 spiro atoms. The van der Waals surface area contributed by atoms with E-state index in [0.29, 0.717) is 0 Å². The van der Waals surface area contributed by atoms with Crippen molar-refractivity contribution in [3.05, 3.63) is 23.7 Å². The molecule has 1 heterocycles. The Hall–Kier alpha value is -0.760. The topological polar surface area (TPSA) is 39.2 Å². The van der Waals surface area contributed by atoms with Crippen LogP contribution in [0.3, 0.4) is 0 Å². The van der Waals surface area contributed by atoms with Gasteiger partial charge in [0.15, 0.2) is 0 Å². The summed E-state index contributed by atoms with van der Waals surface area (Å²) in [7, 11) is 0. The van der Waals surface area contributed by atoms with Crippen LogP contribution >= 0.6 is 0 Å². The normalized spacial score (nSPS) is 12.9. The zero-order valence-electron chi connectivity index (χ0n) is 11.4. The van der Waals surface area contributed by atoms with Crippen LogP contribution in [0.4, 0.5) is 0 Å². The van der Waals surface area contributed by atoms with E-state index in [0.717, 1.165) is 17.7 Å². The molecule has 98 valence electrons. The van der Waals surface area contributed by atoms with Crippen molar-refractivity contribution in [1.82, 2.24) is 0 Å². The number of furan rings is 1. The fraction of sp³-hybridized carbons (Fsp3) is 0.733. The van der Waals surface area contributed by atoms with Gasteiger partial charge in [0, 0.05) is 11.6 Å². The van der Waals surface area contributed by atoms with Crippen molar-refractivity contribution in [2.24, 2.45) is 5.73 Å². The standard InChI is InChI=1S/C15H27NO/c1-3-4-5-6-7-8-9-10-15(16)14-11-13(2)17-12-14/h11-12,15H,3-10,16H2,1-2H3. The van der Waals surface area contributed by atoms with Crippen LogP contribution in [0.25, 0.3) is 0 Å². The zero-order chi connectivity index (χ0) is 12.5. The summed E-state index contributed by atoms with van der Waals surface area (Å²) in [6, 6.07) is 2.20. The molecule has 2 nitrogen and oxygen atoms in total.